The van der Waals surface area contributed by atoms with Crippen molar-refractivity contribution in [3.8, 4) is 39.5 Å². The van der Waals surface area contributed by atoms with E-state index in [-0.39, 0.29) is 11.5 Å². The van der Waals surface area contributed by atoms with Crippen LogP contribution in [0.2, 0.25) is 0 Å². The highest BCUT2D eigenvalue weighted by atomic mass is 32.2. The third-order valence-electron chi connectivity index (χ3n) is 14.7. The normalized spacial score (nSPS) is 12.2. The Labute approximate surface area is 522 Å². The van der Waals surface area contributed by atoms with Crippen molar-refractivity contribution in [1.82, 2.24) is 19.1 Å². The van der Waals surface area contributed by atoms with E-state index in [2.05, 4.69) is 38.2 Å². The third kappa shape index (κ3) is 19.5. The fourth-order valence-electron chi connectivity index (χ4n) is 9.79. The first-order valence-corrected chi connectivity index (χ1v) is 32.5. The van der Waals surface area contributed by atoms with Gasteiger partial charge in [-0.3, -0.25) is 9.59 Å². The van der Waals surface area contributed by atoms with Crippen molar-refractivity contribution in [2.45, 2.75) is 108 Å². The maximum Gasteiger partial charge on any atom is 0.248 e. The molecule has 2 aromatic heterocycles. The summed E-state index contributed by atoms with van der Waals surface area (Å²) in [6, 6.07) is 38.2. The summed E-state index contributed by atoms with van der Waals surface area (Å²) in [4.78, 5) is 36.1. The Bertz CT molecular complexity index is 3570. The van der Waals surface area contributed by atoms with Crippen LogP contribution < -0.4 is 24.8 Å². The minimum Gasteiger partial charge on any atom is -0.611 e. The van der Waals surface area contributed by atoms with Crippen molar-refractivity contribution in [2.75, 3.05) is 57.4 Å². The predicted molar refractivity (Wildman–Crippen MR) is 349 cm³/mol. The number of benzene rings is 6. The van der Waals surface area contributed by atoms with Crippen molar-refractivity contribution in [3.05, 3.63) is 197 Å². The predicted octanol–water partition coefficient (Wildman–Crippen LogP) is 14.3. The maximum absolute atomic E-state index is 14.9. The third-order valence-corrected chi connectivity index (χ3v) is 17.4. The number of anilines is 2. The second kappa shape index (κ2) is 34.0. The summed E-state index contributed by atoms with van der Waals surface area (Å²) in [7, 11) is 1.62. The first-order chi connectivity index (χ1) is 42.8. The molecule has 0 saturated carbocycles. The smallest absolute Gasteiger partial charge is 0.248 e. The number of hydrogen-bond acceptors (Lipinski definition) is 11. The second-order valence-electron chi connectivity index (χ2n) is 21.1. The molecule has 0 spiro atoms. The summed E-state index contributed by atoms with van der Waals surface area (Å²) in [5.41, 5.74) is 10.3. The Kier molecular flexibility index (Phi) is 25.5. The van der Waals surface area contributed by atoms with Crippen LogP contribution in [0.5, 0.6) is 17.2 Å². The Morgan fingerprint density at radius 1 is 0.557 bits per heavy atom. The number of carbonyl (C=O) groups excluding carboxylic acids is 2. The molecule has 8 rings (SSSR count). The Hall–Kier alpha value is -7.97. The Balaban J connectivity index is 0.699. The highest BCUT2D eigenvalue weighted by molar-refractivity contribution is 7.91. The average molecular weight is 1230 g/mol. The summed E-state index contributed by atoms with van der Waals surface area (Å²) >= 11 is -2.62. The van der Waals surface area contributed by atoms with Crippen LogP contribution in [0.3, 0.4) is 0 Å². The molecular formula is C70H79FN6O9S2. The van der Waals surface area contributed by atoms with Gasteiger partial charge in [-0.2, -0.15) is 0 Å². The lowest BCUT2D eigenvalue weighted by molar-refractivity contribution is -0.112. The molecule has 2 N–H and O–H groups in total. The Morgan fingerprint density at radius 2 is 1.05 bits per heavy atom. The molecule has 15 nitrogen and oxygen atoms in total. The number of rotatable bonds is 34. The van der Waals surface area contributed by atoms with Gasteiger partial charge in [0.1, 0.15) is 36.3 Å². The number of ether oxygens (including phenoxy) is 5. The zero-order chi connectivity index (χ0) is 62.2. The number of methoxy groups -OCH3 is 1. The average Bonchev–Trinajstić information content (AvgIpc) is 4.03. The molecule has 462 valence electrons. The van der Waals surface area contributed by atoms with Crippen LogP contribution in [-0.4, -0.2) is 86.8 Å². The van der Waals surface area contributed by atoms with Crippen molar-refractivity contribution in [2.24, 2.45) is 0 Å². The zero-order valence-electron chi connectivity index (χ0n) is 51.1. The van der Waals surface area contributed by atoms with Gasteiger partial charge in [0.2, 0.25) is 11.8 Å². The molecule has 18 heteroatoms. The van der Waals surface area contributed by atoms with Gasteiger partial charge in [-0.15, -0.1) is 0 Å². The molecule has 0 aliphatic rings. The number of unbranched alkanes of at least 4 members (excludes halogenated alkanes) is 4. The van der Waals surface area contributed by atoms with E-state index in [1.807, 2.05) is 93.2 Å². The molecule has 0 fully saturated rings. The van der Waals surface area contributed by atoms with Gasteiger partial charge < -0.3 is 52.6 Å². The van der Waals surface area contributed by atoms with Gasteiger partial charge in [0, 0.05) is 61.0 Å². The molecular weight excluding hydrogens is 1150 g/mol. The van der Waals surface area contributed by atoms with Gasteiger partial charge >= 0.3 is 0 Å². The van der Waals surface area contributed by atoms with E-state index in [1.165, 1.54) is 24.3 Å². The standard InChI is InChI=1S/C70H79FN6O9S2/c1-7-9-37-83-39-41-85-62-27-16-54(17-28-62)58-43-50(3)70(82-6)57(45-58)20-35-69(79)75-60-23-31-64(32-24-60)88(81)47-67-52(5)73-49-77(67)36-12-10-11-13-38-84-40-42-86-61-25-14-53(15-26-61)55-18-33-65(71)56(44-55)19-34-68(78)74-59-21-29-63(30-22-59)87(80)46-66-51(4)72-48-76(66)8-2/h14-35,43-45,48-49H,7-13,36-42,46-47H2,1-6H3,(H,74,78)(H,75,79)/b34-19+,35-20+. The van der Waals surface area contributed by atoms with Crippen molar-refractivity contribution < 1.29 is 46.8 Å². The maximum atomic E-state index is 14.9. The molecule has 2 unspecified atom stereocenters. The molecule has 6 aromatic carbocycles. The molecule has 0 aliphatic carbocycles. The van der Waals surface area contributed by atoms with Gasteiger partial charge in [0.25, 0.3) is 0 Å². The van der Waals surface area contributed by atoms with Crippen molar-refractivity contribution >= 4 is 57.7 Å². The number of hydrogen-bond donors (Lipinski definition) is 2. The molecule has 0 radical (unpaired) electrons. The highest BCUT2D eigenvalue weighted by Gasteiger charge is 2.20. The number of nitrogens with one attached hydrogen (secondary N) is 2. The van der Waals surface area contributed by atoms with Gasteiger partial charge in [-0.05, 0) is 206 Å². The van der Waals surface area contributed by atoms with Crippen LogP contribution in [0.25, 0.3) is 34.4 Å². The monoisotopic (exact) mass is 1230 g/mol. The molecule has 0 saturated heterocycles. The number of amides is 2. The van der Waals surface area contributed by atoms with E-state index >= 15 is 0 Å². The van der Waals surface area contributed by atoms with E-state index in [1.54, 1.807) is 80.2 Å². The molecule has 2 heterocycles. The lowest BCUT2D eigenvalue weighted by Crippen LogP contribution is -2.12. The summed E-state index contributed by atoms with van der Waals surface area (Å²) in [5.74, 6) is 1.62. The minimum absolute atomic E-state index is 0.266. The van der Waals surface area contributed by atoms with E-state index in [9.17, 15) is 23.1 Å². The number of halogens is 1. The molecule has 2 atom stereocenters. The molecule has 2 amide bonds. The quantitative estimate of drug-likeness (QED) is 0.0222. The van der Waals surface area contributed by atoms with E-state index in [0.29, 0.717) is 77.2 Å². The van der Waals surface area contributed by atoms with Gasteiger partial charge in [-0.25, -0.2) is 14.4 Å². The van der Waals surface area contributed by atoms with Crippen LogP contribution in [0.4, 0.5) is 15.8 Å². The van der Waals surface area contributed by atoms with Crippen LogP contribution in [0.1, 0.15) is 91.8 Å². The number of aryl methyl sites for hydroxylation is 5. The topological polar surface area (TPSA) is 186 Å². The zero-order valence-corrected chi connectivity index (χ0v) is 52.7. The SMILES string of the molecule is CCCCOCCOc1ccc(-c2cc(C)c(OC)c(/C=C/C(=O)Nc3ccc([S+]([O-])Cc4c(C)ncn4CCCCCCOCCOc4ccc(-c5ccc(F)c(/C=C/C(=O)Nc6ccc([S+]([O-])Cc7c(C)ncn7CC)cc6)c5)cc4)cc3)c2)cc1. The minimum atomic E-state index is -1.33. The number of imidazole rings is 2. The lowest BCUT2D eigenvalue weighted by Gasteiger charge is -2.14. The number of aromatic nitrogens is 4. The summed E-state index contributed by atoms with van der Waals surface area (Å²) in [6.07, 6.45) is 15.5. The summed E-state index contributed by atoms with van der Waals surface area (Å²) in [6.45, 7) is 14.7. The fraction of sp³-hybridized carbons (Fsp3) is 0.314. The van der Waals surface area contributed by atoms with E-state index < -0.39 is 34.1 Å². The van der Waals surface area contributed by atoms with E-state index in [4.69, 9.17) is 23.7 Å². The van der Waals surface area contributed by atoms with Crippen molar-refractivity contribution in [3.63, 3.8) is 0 Å². The van der Waals surface area contributed by atoms with Crippen LogP contribution >= 0.6 is 0 Å². The van der Waals surface area contributed by atoms with Gasteiger partial charge in [0.05, 0.1) is 55.8 Å². The number of carbonyl (C=O) groups is 2. The Morgan fingerprint density at radius 3 is 1.59 bits per heavy atom. The van der Waals surface area contributed by atoms with Crippen LogP contribution in [0.15, 0.2) is 162 Å². The summed E-state index contributed by atoms with van der Waals surface area (Å²) in [5, 5.41) is 5.71. The van der Waals surface area contributed by atoms with E-state index in [0.717, 1.165) is 120 Å². The second-order valence-corrected chi connectivity index (χ2v) is 24.0. The van der Waals surface area contributed by atoms with Gasteiger partial charge in [0.15, 0.2) is 21.3 Å². The van der Waals surface area contributed by atoms with Crippen molar-refractivity contribution in [1.29, 1.82) is 0 Å². The lowest BCUT2D eigenvalue weighted by atomic mass is 9.98. The number of nitrogens with zero attached hydrogens (tertiary/aromatic N) is 4. The first-order valence-electron chi connectivity index (χ1n) is 29.8. The largest absolute Gasteiger partial charge is 0.611 e. The molecule has 0 bridgehead atoms. The molecule has 88 heavy (non-hydrogen) atoms. The molecule has 8 aromatic rings. The van der Waals surface area contributed by atoms with Crippen LogP contribution in [0, 0.1) is 26.6 Å². The highest BCUT2D eigenvalue weighted by Crippen LogP contribution is 2.33. The van der Waals surface area contributed by atoms with Crippen LogP contribution in [-0.2, 0) is 66.0 Å². The van der Waals surface area contributed by atoms with Gasteiger partial charge in [-0.1, -0.05) is 56.5 Å². The summed E-state index contributed by atoms with van der Waals surface area (Å²) < 4.78 is 74.7. The first kappa shape index (κ1) is 66.0. The molecule has 0 aliphatic heterocycles. The fourth-order valence-corrected chi connectivity index (χ4v) is 12.2.